The van der Waals surface area contributed by atoms with Gasteiger partial charge in [0.05, 0.1) is 0 Å². The first-order valence-corrected chi connectivity index (χ1v) is 5.81. The maximum absolute atomic E-state index is 5.72. The first-order valence-electron chi connectivity index (χ1n) is 5.81. The molecule has 2 aromatic carbocycles. The molecule has 17 heavy (non-hydrogen) atoms. The van der Waals surface area contributed by atoms with Crippen LogP contribution < -0.4 is 0 Å². The van der Waals surface area contributed by atoms with Crippen LogP contribution >= 0.6 is 0 Å². The lowest BCUT2D eigenvalue weighted by atomic mass is 10.00. The van der Waals surface area contributed by atoms with Crippen molar-refractivity contribution in [2.75, 3.05) is 0 Å². The number of benzene rings is 2. The maximum Gasteiger partial charge on any atom is 0.114 e. The Labute approximate surface area is 101 Å². The van der Waals surface area contributed by atoms with Crippen LogP contribution in [0.3, 0.4) is 0 Å². The third-order valence-electron chi connectivity index (χ3n) is 3.11. The van der Waals surface area contributed by atoms with Crippen LogP contribution in [0.1, 0.15) is 17.2 Å². The predicted molar refractivity (Wildman–Crippen MR) is 69.5 cm³/mol. The van der Waals surface area contributed by atoms with E-state index in [4.69, 9.17) is 4.74 Å². The molecule has 0 N–H and O–H groups in total. The third-order valence-corrected chi connectivity index (χ3v) is 3.11. The van der Waals surface area contributed by atoms with Crippen LogP contribution in [0.4, 0.5) is 0 Å². The monoisotopic (exact) mass is 222 g/mol. The number of rotatable bonds is 3. The highest BCUT2D eigenvalue weighted by atomic mass is 16.6. The van der Waals surface area contributed by atoms with E-state index in [9.17, 15) is 0 Å². The molecular formula is C16H14O. The van der Waals surface area contributed by atoms with Gasteiger partial charge in [0.2, 0.25) is 0 Å². The highest BCUT2D eigenvalue weighted by molar-refractivity contribution is 5.69. The van der Waals surface area contributed by atoms with E-state index in [-0.39, 0.29) is 12.2 Å². The van der Waals surface area contributed by atoms with Crippen LogP contribution in [-0.4, -0.2) is 6.10 Å². The van der Waals surface area contributed by atoms with Crippen LogP contribution in [0.2, 0.25) is 0 Å². The number of hydrogen-bond acceptors (Lipinski definition) is 1. The van der Waals surface area contributed by atoms with Gasteiger partial charge in [-0.15, -0.1) is 0 Å². The Morgan fingerprint density at radius 2 is 1.47 bits per heavy atom. The van der Waals surface area contributed by atoms with Gasteiger partial charge in [0, 0.05) is 0 Å². The molecule has 0 bridgehead atoms. The molecule has 0 spiro atoms. The zero-order chi connectivity index (χ0) is 11.7. The molecule has 1 fully saturated rings. The van der Waals surface area contributed by atoms with Crippen molar-refractivity contribution in [1.29, 1.82) is 0 Å². The van der Waals surface area contributed by atoms with Gasteiger partial charge in [-0.25, -0.2) is 0 Å². The Hall–Kier alpha value is -1.86. The van der Waals surface area contributed by atoms with Crippen LogP contribution in [-0.2, 0) is 4.74 Å². The fraction of sp³-hybridized carbons (Fsp3) is 0.125. The normalized spacial score (nSPS) is 22.1. The average molecular weight is 222 g/mol. The highest BCUT2D eigenvalue weighted by Crippen LogP contribution is 2.45. The lowest BCUT2D eigenvalue weighted by molar-refractivity contribution is 0.397. The fourth-order valence-electron chi connectivity index (χ4n) is 2.09. The molecule has 0 unspecified atom stereocenters. The van der Waals surface area contributed by atoms with Crippen molar-refractivity contribution in [2.24, 2.45) is 0 Å². The second kappa shape index (κ2) is 4.19. The van der Waals surface area contributed by atoms with Crippen molar-refractivity contribution in [1.82, 2.24) is 0 Å². The molecule has 0 saturated carbocycles. The molecule has 1 aliphatic heterocycles. The molecule has 0 radical (unpaired) electrons. The molecule has 2 atom stereocenters. The molecular weight excluding hydrogens is 208 g/mol. The molecule has 1 heterocycles. The van der Waals surface area contributed by atoms with Crippen molar-refractivity contribution in [3.8, 4) is 0 Å². The first-order chi connectivity index (χ1) is 8.36. The largest absolute Gasteiger partial charge is 0.359 e. The fourth-order valence-corrected chi connectivity index (χ4v) is 2.09. The zero-order valence-electron chi connectivity index (χ0n) is 9.54. The van der Waals surface area contributed by atoms with Crippen LogP contribution in [0.15, 0.2) is 67.2 Å². The Morgan fingerprint density at radius 3 is 2.12 bits per heavy atom. The van der Waals surface area contributed by atoms with Gasteiger partial charge in [-0.05, 0) is 16.7 Å². The summed E-state index contributed by atoms with van der Waals surface area (Å²) in [7, 11) is 0. The molecule has 1 nitrogen and oxygen atoms in total. The van der Waals surface area contributed by atoms with Crippen molar-refractivity contribution in [3.63, 3.8) is 0 Å². The molecule has 0 amide bonds. The maximum atomic E-state index is 5.72. The molecule has 1 saturated heterocycles. The molecule has 84 valence electrons. The van der Waals surface area contributed by atoms with E-state index >= 15 is 0 Å². The summed E-state index contributed by atoms with van der Waals surface area (Å²) in [6.07, 6.45) is 0.323. The van der Waals surface area contributed by atoms with E-state index in [1.54, 1.807) is 0 Å². The number of ether oxygens (including phenoxy) is 1. The van der Waals surface area contributed by atoms with E-state index < -0.39 is 0 Å². The highest BCUT2D eigenvalue weighted by Gasteiger charge is 2.42. The average Bonchev–Trinajstić information content (AvgIpc) is 3.20. The van der Waals surface area contributed by atoms with Crippen molar-refractivity contribution in [2.45, 2.75) is 12.2 Å². The molecule has 3 rings (SSSR count). The SMILES string of the molecule is C=C(c1ccccc1)[C@H]1O[C@@H]1c1ccccc1. The smallest absolute Gasteiger partial charge is 0.114 e. The van der Waals surface area contributed by atoms with Gasteiger partial charge in [0.15, 0.2) is 0 Å². The Kier molecular flexibility index (Phi) is 2.54. The molecule has 2 aromatic rings. The second-order valence-corrected chi connectivity index (χ2v) is 4.28. The van der Waals surface area contributed by atoms with Crippen molar-refractivity contribution < 1.29 is 4.74 Å². The van der Waals surface area contributed by atoms with E-state index in [2.05, 4.69) is 30.8 Å². The summed E-state index contributed by atoms with van der Waals surface area (Å²) in [5.41, 5.74) is 3.46. The van der Waals surface area contributed by atoms with Crippen LogP contribution in [0, 0.1) is 0 Å². The number of hydrogen-bond donors (Lipinski definition) is 0. The summed E-state index contributed by atoms with van der Waals surface area (Å²) in [6, 6.07) is 20.5. The predicted octanol–water partition coefficient (Wildman–Crippen LogP) is 3.84. The van der Waals surface area contributed by atoms with E-state index in [1.165, 1.54) is 5.56 Å². The lowest BCUT2D eigenvalue weighted by Gasteiger charge is -2.01. The Morgan fingerprint density at radius 1 is 0.882 bits per heavy atom. The molecule has 1 heteroatoms. The minimum Gasteiger partial charge on any atom is -0.359 e. The standard InChI is InChI=1S/C16H14O/c1-12(13-8-4-2-5-9-13)15-16(17-15)14-10-6-3-7-11-14/h2-11,15-16H,1H2/t15-,16-/m1/s1. The summed E-state index contributed by atoms with van der Waals surface area (Å²) in [5.74, 6) is 0. The van der Waals surface area contributed by atoms with Gasteiger partial charge < -0.3 is 4.74 Å². The minimum absolute atomic E-state index is 0.139. The Bertz CT molecular complexity index is 516. The van der Waals surface area contributed by atoms with Crippen LogP contribution in [0.25, 0.3) is 5.57 Å². The van der Waals surface area contributed by atoms with E-state index in [0.29, 0.717) is 0 Å². The van der Waals surface area contributed by atoms with E-state index in [1.807, 2.05) is 36.4 Å². The number of epoxide rings is 1. The van der Waals surface area contributed by atoms with Crippen LogP contribution in [0.5, 0.6) is 0 Å². The summed E-state index contributed by atoms with van der Waals surface area (Å²) in [5, 5.41) is 0. The third kappa shape index (κ3) is 2.02. The summed E-state index contributed by atoms with van der Waals surface area (Å²) in [4.78, 5) is 0. The summed E-state index contributed by atoms with van der Waals surface area (Å²) >= 11 is 0. The van der Waals surface area contributed by atoms with Crippen molar-refractivity contribution in [3.05, 3.63) is 78.4 Å². The van der Waals surface area contributed by atoms with E-state index in [0.717, 1.165) is 11.1 Å². The van der Waals surface area contributed by atoms with Gasteiger partial charge in [0.25, 0.3) is 0 Å². The minimum atomic E-state index is 0.139. The second-order valence-electron chi connectivity index (χ2n) is 4.28. The van der Waals surface area contributed by atoms with Gasteiger partial charge in [0.1, 0.15) is 12.2 Å². The Balaban J connectivity index is 1.76. The summed E-state index contributed by atoms with van der Waals surface area (Å²) in [6.45, 7) is 4.14. The lowest BCUT2D eigenvalue weighted by Crippen LogP contribution is -1.92. The first kappa shape index (κ1) is 10.3. The van der Waals surface area contributed by atoms with Crippen molar-refractivity contribution >= 4 is 5.57 Å². The van der Waals surface area contributed by atoms with Gasteiger partial charge in [-0.3, -0.25) is 0 Å². The molecule has 0 aliphatic carbocycles. The molecule has 1 aliphatic rings. The molecule has 0 aromatic heterocycles. The zero-order valence-corrected chi connectivity index (χ0v) is 9.54. The van der Waals surface area contributed by atoms with Gasteiger partial charge >= 0.3 is 0 Å². The van der Waals surface area contributed by atoms with Gasteiger partial charge in [-0.2, -0.15) is 0 Å². The summed E-state index contributed by atoms with van der Waals surface area (Å²) < 4.78 is 5.72. The topological polar surface area (TPSA) is 12.5 Å². The van der Waals surface area contributed by atoms with Gasteiger partial charge in [-0.1, -0.05) is 67.2 Å². The quantitative estimate of drug-likeness (QED) is 0.719.